The quantitative estimate of drug-likeness (QED) is 0.597. The Bertz CT molecular complexity index is 252. The topological polar surface area (TPSA) is 17.1 Å². The fourth-order valence-corrected chi connectivity index (χ4v) is 4.08. The van der Waals surface area contributed by atoms with E-state index in [1.807, 2.05) is 0 Å². The van der Waals surface area contributed by atoms with Gasteiger partial charge in [-0.2, -0.15) is 0 Å². The van der Waals surface area contributed by atoms with Crippen LogP contribution in [-0.4, -0.2) is 5.78 Å². The average molecular weight is 250 g/mol. The minimum absolute atomic E-state index is 0.439. The molecule has 2 fully saturated rings. The van der Waals surface area contributed by atoms with Gasteiger partial charge in [0.15, 0.2) is 0 Å². The van der Waals surface area contributed by atoms with Gasteiger partial charge in [-0.3, -0.25) is 4.79 Å². The van der Waals surface area contributed by atoms with E-state index in [2.05, 4.69) is 6.92 Å². The van der Waals surface area contributed by atoms with Crippen molar-refractivity contribution in [1.29, 1.82) is 0 Å². The highest BCUT2D eigenvalue weighted by atomic mass is 16.1. The lowest BCUT2D eigenvalue weighted by molar-refractivity contribution is -0.125. The maximum Gasteiger partial charge on any atom is 0.139 e. The van der Waals surface area contributed by atoms with Crippen molar-refractivity contribution in [2.75, 3.05) is 0 Å². The molecule has 0 aliphatic heterocycles. The summed E-state index contributed by atoms with van der Waals surface area (Å²) in [6.45, 7) is 2.25. The van der Waals surface area contributed by atoms with Crippen LogP contribution in [0.4, 0.5) is 0 Å². The molecule has 0 radical (unpaired) electrons. The summed E-state index contributed by atoms with van der Waals surface area (Å²) in [5, 5.41) is 0. The number of carbonyl (C=O) groups is 1. The van der Waals surface area contributed by atoms with Gasteiger partial charge in [0, 0.05) is 11.8 Å². The minimum atomic E-state index is 0.439. The molecule has 0 aromatic heterocycles. The smallest absolute Gasteiger partial charge is 0.139 e. The summed E-state index contributed by atoms with van der Waals surface area (Å²) < 4.78 is 0. The van der Waals surface area contributed by atoms with Crippen molar-refractivity contribution in [1.82, 2.24) is 0 Å². The number of carbonyl (C=O) groups excluding carboxylic acids is 1. The fourth-order valence-electron chi connectivity index (χ4n) is 4.08. The van der Waals surface area contributed by atoms with Crippen LogP contribution >= 0.6 is 0 Å². The number of Topliss-reactive ketones (excluding diaryl/α,β-unsaturated/α-hetero) is 1. The Kier molecular flexibility index (Phi) is 5.72. The predicted molar refractivity (Wildman–Crippen MR) is 76.6 cm³/mol. The molecule has 0 saturated heterocycles. The van der Waals surface area contributed by atoms with Crippen molar-refractivity contribution in [2.24, 2.45) is 17.8 Å². The normalized spacial score (nSPS) is 29.9. The number of rotatable bonds is 6. The molecule has 2 rings (SSSR count). The summed E-state index contributed by atoms with van der Waals surface area (Å²) >= 11 is 0. The third-order valence-corrected chi connectivity index (χ3v) is 5.22. The van der Waals surface area contributed by atoms with Crippen molar-refractivity contribution in [3.63, 3.8) is 0 Å². The highest BCUT2D eigenvalue weighted by Gasteiger charge is 2.38. The molecule has 18 heavy (non-hydrogen) atoms. The van der Waals surface area contributed by atoms with Crippen molar-refractivity contribution in [3.8, 4) is 0 Å². The number of hydrogen-bond donors (Lipinski definition) is 0. The van der Waals surface area contributed by atoms with Gasteiger partial charge in [0.05, 0.1) is 0 Å². The van der Waals surface area contributed by atoms with Gasteiger partial charge in [-0.25, -0.2) is 0 Å². The van der Waals surface area contributed by atoms with E-state index >= 15 is 0 Å². The van der Waals surface area contributed by atoms with Crippen LogP contribution in [0.1, 0.15) is 84.0 Å². The van der Waals surface area contributed by atoms with Crippen LogP contribution in [0.25, 0.3) is 0 Å². The Morgan fingerprint density at radius 1 is 0.944 bits per heavy atom. The molecule has 1 nitrogen and oxygen atoms in total. The predicted octanol–water partition coefficient (Wildman–Crippen LogP) is 5.13. The van der Waals surface area contributed by atoms with Gasteiger partial charge in [0.1, 0.15) is 5.78 Å². The summed E-state index contributed by atoms with van der Waals surface area (Å²) in [5.41, 5.74) is 0. The monoisotopic (exact) mass is 250 g/mol. The summed E-state index contributed by atoms with van der Waals surface area (Å²) in [4.78, 5) is 12.5. The van der Waals surface area contributed by atoms with Gasteiger partial charge in [-0.15, -0.1) is 0 Å². The Hall–Kier alpha value is -0.330. The molecule has 2 aliphatic carbocycles. The van der Waals surface area contributed by atoms with E-state index in [1.54, 1.807) is 0 Å². The molecule has 0 aromatic carbocycles. The van der Waals surface area contributed by atoms with Crippen LogP contribution in [-0.2, 0) is 4.79 Å². The Morgan fingerprint density at radius 2 is 1.72 bits per heavy atom. The summed E-state index contributed by atoms with van der Waals surface area (Å²) in [5.74, 6) is 2.31. The number of ketones is 1. The lowest BCUT2D eigenvalue weighted by Gasteiger charge is -2.26. The molecule has 2 atom stereocenters. The SMILES string of the molecule is CCCCCCC1CCC(C2CCCCC2)C1=O. The minimum Gasteiger partial charge on any atom is -0.299 e. The number of hydrogen-bond acceptors (Lipinski definition) is 1. The molecule has 2 aliphatic rings. The van der Waals surface area contributed by atoms with Crippen LogP contribution in [0.5, 0.6) is 0 Å². The Labute approximate surface area is 113 Å². The van der Waals surface area contributed by atoms with Crippen LogP contribution in [0.3, 0.4) is 0 Å². The lowest BCUT2D eigenvalue weighted by atomic mass is 9.78. The zero-order chi connectivity index (χ0) is 12.8. The van der Waals surface area contributed by atoms with Crippen LogP contribution in [0.15, 0.2) is 0 Å². The van der Waals surface area contributed by atoms with Crippen LogP contribution in [0, 0.1) is 17.8 Å². The molecule has 2 unspecified atom stereocenters. The van der Waals surface area contributed by atoms with E-state index in [-0.39, 0.29) is 0 Å². The van der Waals surface area contributed by atoms with Gasteiger partial charge < -0.3 is 0 Å². The van der Waals surface area contributed by atoms with Gasteiger partial charge in [0.2, 0.25) is 0 Å². The summed E-state index contributed by atoms with van der Waals surface area (Å²) in [6, 6.07) is 0. The first kappa shape index (κ1) is 14.1. The van der Waals surface area contributed by atoms with Crippen molar-refractivity contribution < 1.29 is 4.79 Å². The first-order valence-corrected chi connectivity index (χ1v) is 8.36. The molecule has 0 amide bonds. The van der Waals surface area contributed by atoms with Crippen molar-refractivity contribution >= 4 is 5.78 Å². The van der Waals surface area contributed by atoms with Gasteiger partial charge in [-0.05, 0) is 38.0 Å². The third kappa shape index (κ3) is 3.59. The summed E-state index contributed by atoms with van der Waals surface area (Å²) in [6.07, 6.45) is 15.6. The second kappa shape index (κ2) is 7.31. The standard InChI is InChI=1S/C17H30O/c1-2-3-4-6-11-15-12-13-16(17(15)18)14-9-7-5-8-10-14/h14-16H,2-13H2,1H3. The molecule has 0 spiro atoms. The van der Waals surface area contributed by atoms with Crippen LogP contribution < -0.4 is 0 Å². The van der Waals surface area contributed by atoms with E-state index in [0.29, 0.717) is 17.6 Å². The van der Waals surface area contributed by atoms with Gasteiger partial charge in [0.25, 0.3) is 0 Å². The molecule has 0 N–H and O–H groups in total. The van der Waals surface area contributed by atoms with Crippen LogP contribution in [0.2, 0.25) is 0 Å². The third-order valence-electron chi connectivity index (χ3n) is 5.22. The lowest BCUT2D eigenvalue weighted by Crippen LogP contribution is -2.24. The molecule has 104 valence electrons. The zero-order valence-electron chi connectivity index (χ0n) is 12.1. The molecule has 0 heterocycles. The highest BCUT2D eigenvalue weighted by Crippen LogP contribution is 2.40. The first-order chi connectivity index (χ1) is 8.83. The molecular formula is C17H30O. The van der Waals surface area contributed by atoms with Gasteiger partial charge in [-0.1, -0.05) is 51.9 Å². The molecule has 0 aromatic rings. The number of unbranched alkanes of at least 4 members (excludes halogenated alkanes) is 3. The second-order valence-electron chi connectivity index (χ2n) is 6.53. The van der Waals surface area contributed by atoms with E-state index in [1.165, 1.54) is 77.0 Å². The zero-order valence-corrected chi connectivity index (χ0v) is 12.1. The fraction of sp³-hybridized carbons (Fsp3) is 0.941. The van der Waals surface area contributed by atoms with E-state index in [0.717, 1.165) is 5.92 Å². The molecular weight excluding hydrogens is 220 g/mol. The Morgan fingerprint density at radius 3 is 2.44 bits per heavy atom. The molecule has 2 saturated carbocycles. The highest BCUT2D eigenvalue weighted by molar-refractivity contribution is 5.85. The molecule has 0 bridgehead atoms. The van der Waals surface area contributed by atoms with E-state index in [4.69, 9.17) is 0 Å². The largest absolute Gasteiger partial charge is 0.299 e. The Balaban J connectivity index is 1.74. The summed E-state index contributed by atoms with van der Waals surface area (Å²) in [7, 11) is 0. The van der Waals surface area contributed by atoms with E-state index < -0.39 is 0 Å². The van der Waals surface area contributed by atoms with Crippen molar-refractivity contribution in [2.45, 2.75) is 84.0 Å². The average Bonchev–Trinajstić information content (AvgIpc) is 2.77. The second-order valence-corrected chi connectivity index (χ2v) is 6.53. The maximum atomic E-state index is 12.5. The van der Waals surface area contributed by atoms with Gasteiger partial charge >= 0.3 is 0 Å². The molecule has 1 heteroatoms. The first-order valence-electron chi connectivity index (χ1n) is 8.36. The van der Waals surface area contributed by atoms with E-state index in [9.17, 15) is 4.79 Å². The van der Waals surface area contributed by atoms with Crippen molar-refractivity contribution in [3.05, 3.63) is 0 Å². The maximum absolute atomic E-state index is 12.5.